The number of carbonyl (C=O) groups is 3. The van der Waals surface area contributed by atoms with E-state index in [4.69, 9.17) is 16.3 Å². The van der Waals surface area contributed by atoms with Crippen molar-refractivity contribution in [2.24, 2.45) is 0 Å². The van der Waals surface area contributed by atoms with Crippen LogP contribution in [-0.2, 0) is 4.74 Å². The van der Waals surface area contributed by atoms with E-state index in [2.05, 4.69) is 5.32 Å². The van der Waals surface area contributed by atoms with E-state index in [1.165, 1.54) is 0 Å². The summed E-state index contributed by atoms with van der Waals surface area (Å²) in [5.74, 6) is -0.771. The number of hydrogen-bond donors (Lipinski definition) is 1. The number of benzene rings is 2. The van der Waals surface area contributed by atoms with Crippen molar-refractivity contribution in [2.45, 2.75) is 20.0 Å². The quantitative estimate of drug-likeness (QED) is 0.826. The standard InChI is InChI=1S/C19H17ClN2O4/c1-11-6-5-9-15(20)16(11)21-19(25)26-12(2)10-22-17(23)13-7-3-4-8-14(13)18(22)24/h3-9,12H,10H2,1-2H3,(H,21,25). The van der Waals surface area contributed by atoms with E-state index in [9.17, 15) is 14.4 Å². The molecule has 0 bridgehead atoms. The number of anilines is 1. The second-order valence-corrected chi connectivity index (χ2v) is 6.45. The number of para-hydroxylation sites is 1. The predicted molar refractivity (Wildman–Crippen MR) is 97.6 cm³/mol. The van der Waals surface area contributed by atoms with Gasteiger partial charge in [0.2, 0.25) is 0 Å². The number of hydrogen-bond acceptors (Lipinski definition) is 4. The van der Waals surface area contributed by atoms with E-state index in [-0.39, 0.29) is 18.4 Å². The fraction of sp³-hybridized carbons (Fsp3) is 0.211. The summed E-state index contributed by atoms with van der Waals surface area (Å²) in [4.78, 5) is 37.9. The van der Waals surface area contributed by atoms with E-state index >= 15 is 0 Å². The lowest BCUT2D eigenvalue weighted by Crippen LogP contribution is -2.38. The lowest BCUT2D eigenvalue weighted by atomic mass is 10.1. The van der Waals surface area contributed by atoms with Gasteiger partial charge in [0.25, 0.3) is 11.8 Å². The number of nitrogens with zero attached hydrogens (tertiary/aromatic N) is 1. The Bertz CT molecular complexity index is 842. The van der Waals surface area contributed by atoms with Crippen LogP contribution in [0, 0.1) is 6.92 Å². The minimum Gasteiger partial charge on any atom is -0.444 e. The van der Waals surface area contributed by atoms with Crippen molar-refractivity contribution in [2.75, 3.05) is 11.9 Å². The lowest BCUT2D eigenvalue weighted by molar-refractivity contribution is 0.0525. The molecule has 0 aromatic heterocycles. The van der Waals surface area contributed by atoms with E-state index in [1.807, 2.05) is 13.0 Å². The van der Waals surface area contributed by atoms with E-state index < -0.39 is 12.2 Å². The zero-order chi connectivity index (χ0) is 18.8. The normalized spacial score (nSPS) is 14.2. The highest BCUT2D eigenvalue weighted by atomic mass is 35.5. The summed E-state index contributed by atoms with van der Waals surface area (Å²) in [6, 6.07) is 11.9. The molecular formula is C19H17ClN2O4. The number of fused-ring (bicyclic) bond motifs is 1. The van der Waals surface area contributed by atoms with Crippen molar-refractivity contribution in [1.29, 1.82) is 0 Å². The zero-order valence-electron chi connectivity index (χ0n) is 14.3. The Morgan fingerprint density at radius 1 is 1.12 bits per heavy atom. The van der Waals surface area contributed by atoms with Crippen LogP contribution in [0.1, 0.15) is 33.2 Å². The molecule has 0 radical (unpaired) electrons. The molecule has 134 valence electrons. The molecule has 2 aromatic rings. The van der Waals surface area contributed by atoms with Crippen molar-refractivity contribution in [1.82, 2.24) is 4.90 Å². The third kappa shape index (κ3) is 3.41. The second-order valence-electron chi connectivity index (χ2n) is 6.04. The molecule has 1 unspecified atom stereocenters. The molecule has 1 N–H and O–H groups in total. The second kappa shape index (κ2) is 7.17. The van der Waals surface area contributed by atoms with Gasteiger partial charge >= 0.3 is 6.09 Å². The number of carbonyl (C=O) groups excluding carboxylic acids is 3. The lowest BCUT2D eigenvalue weighted by Gasteiger charge is -2.20. The molecule has 0 spiro atoms. The molecule has 3 rings (SSSR count). The van der Waals surface area contributed by atoms with Crippen molar-refractivity contribution in [3.8, 4) is 0 Å². The Balaban J connectivity index is 1.63. The Labute approximate surface area is 155 Å². The van der Waals surface area contributed by atoms with Gasteiger partial charge in [-0.15, -0.1) is 0 Å². The van der Waals surface area contributed by atoms with E-state index in [0.29, 0.717) is 21.8 Å². The molecule has 0 fully saturated rings. The van der Waals surface area contributed by atoms with Crippen LogP contribution in [0.2, 0.25) is 5.02 Å². The monoisotopic (exact) mass is 372 g/mol. The van der Waals surface area contributed by atoms with Gasteiger partial charge in [-0.1, -0.05) is 35.9 Å². The van der Waals surface area contributed by atoms with Gasteiger partial charge in [0.1, 0.15) is 6.10 Å². The van der Waals surface area contributed by atoms with Crippen LogP contribution >= 0.6 is 11.6 Å². The molecule has 0 aliphatic carbocycles. The largest absolute Gasteiger partial charge is 0.444 e. The number of imide groups is 1. The number of nitrogens with one attached hydrogen (secondary N) is 1. The van der Waals surface area contributed by atoms with Crippen molar-refractivity contribution in [3.05, 3.63) is 64.2 Å². The maximum absolute atomic E-state index is 12.3. The summed E-state index contributed by atoms with van der Waals surface area (Å²) < 4.78 is 5.27. The van der Waals surface area contributed by atoms with Crippen LogP contribution in [0.25, 0.3) is 0 Å². The first-order valence-electron chi connectivity index (χ1n) is 8.06. The van der Waals surface area contributed by atoms with Crippen LogP contribution in [0.4, 0.5) is 10.5 Å². The molecular weight excluding hydrogens is 356 g/mol. The maximum atomic E-state index is 12.3. The summed E-state index contributed by atoms with van der Waals surface area (Å²) in [6.45, 7) is 3.40. The van der Waals surface area contributed by atoms with Crippen LogP contribution in [0.15, 0.2) is 42.5 Å². The highest BCUT2D eigenvalue weighted by molar-refractivity contribution is 6.33. The summed E-state index contributed by atoms with van der Waals surface area (Å²) in [5.41, 5.74) is 1.98. The van der Waals surface area contributed by atoms with Gasteiger partial charge in [0.15, 0.2) is 0 Å². The van der Waals surface area contributed by atoms with Crippen molar-refractivity contribution >= 4 is 35.2 Å². The number of amides is 3. The Morgan fingerprint density at radius 2 is 1.73 bits per heavy atom. The van der Waals surface area contributed by atoms with Crippen molar-refractivity contribution < 1.29 is 19.1 Å². The summed E-state index contributed by atoms with van der Waals surface area (Å²) in [5, 5.41) is 2.99. The molecule has 1 aliphatic rings. The van der Waals surface area contributed by atoms with Gasteiger partial charge in [0.05, 0.1) is 28.4 Å². The molecule has 26 heavy (non-hydrogen) atoms. The molecule has 3 amide bonds. The first-order valence-corrected chi connectivity index (χ1v) is 8.44. The van der Waals surface area contributed by atoms with Crippen LogP contribution in [0.3, 0.4) is 0 Å². The predicted octanol–water partition coefficient (Wildman–Crippen LogP) is 3.88. The smallest absolute Gasteiger partial charge is 0.412 e. The molecule has 1 atom stereocenters. The van der Waals surface area contributed by atoms with E-state index in [0.717, 1.165) is 10.5 Å². The first kappa shape index (κ1) is 17.9. The minimum absolute atomic E-state index is 0.0265. The van der Waals surface area contributed by atoms with Crippen LogP contribution in [0.5, 0.6) is 0 Å². The fourth-order valence-corrected chi connectivity index (χ4v) is 3.07. The third-order valence-corrected chi connectivity index (χ3v) is 4.39. The highest BCUT2D eigenvalue weighted by Gasteiger charge is 2.36. The van der Waals surface area contributed by atoms with Crippen LogP contribution < -0.4 is 5.32 Å². The molecule has 0 saturated heterocycles. The fourth-order valence-electron chi connectivity index (χ4n) is 2.80. The number of rotatable bonds is 4. The van der Waals surface area contributed by atoms with Gasteiger partial charge in [-0.25, -0.2) is 4.79 Å². The Morgan fingerprint density at radius 3 is 2.31 bits per heavy atom. The summed E-state index contributed by atoms with van der Waals surface area (Å²) in [7, 11) is 0. The molecule has 6 nitrogen and oxygen atoms in total. The SMILES string of the molecule is Cc1cccc(Cl)c1NC(=O)OC(C)CN1C(=O)c2ccccc2C1=O. The molecule has 7 heteroatoms. The number of ether oxygens (including phenoxy) is 1. The molecule has 2 aromatic carbocycles. The summed E-state index contributed by atoms with van der Waals surface area (Å²) in [6.07, 6.45) is -1.38. The van der Waals surface area contributed by atoms with Gasteiger partial charge in [-0.2, -0.15) is 0 Å². The third-order valence-electron chi connectivity index (χ3n) is 4.08. The average molecular weight is 373 g/mol. The molecule has 1 heterocycles. The molecule has 1 aliphatic heterocycles. The highest BCUT2D eigenvalue weighted by Crippen LogP contribution is 2.26. The average Bonchev–Trinajstić information content (AvgIpc) is 2.84. The Kier molecular flexibility index (Phi) is 4.95. The van der Waals surface area contributed by atoms with Crippen LogP contribution in [-0.4, -0.2) is 35.5 Å². The topological polar surface area (TPSA) is 75.7 Å². The van der Waals surface area contributed by atoms with Gasteiger partial charge < -0.3 is 4.74 Å². The number of aryl methyl sites for hydroxylation is 1. The Hall–Kier alpha value is -2.86. The minimum atomic E-state index is -0.703. The van der Waals surface area contributed by atoms with Gasteiger partial charge in [-0.05, 0) is 37.6 Å². The van der Waals surface area contributed by atoms with Gasteiger partial charge in [0, 0.05) is 0 Å². The zero-order valence-corrected chi connectivity index (χ0v) is 15.0. The maximum Gasteiger partial charge on any atom is 0.412 e. The summed E-state index contributed by atoms with van der Waals surface area (Å²) >= 11 is 6.07. The molecule has 0 saturated carbocycles. The van der Waals surface area contributed by atoms with E-state index in [1.54, 1.807) is 43.3 Å². The van der Waals surface area contributed by atoms with Gasteiger partial charge in [-0.3, -0.25) is 19.8 Å². The first-order chi connectivity index (χ1) is 12.4. The number of halogens is 1. The van der Waals surface area contributed by atoms with Crippen molar-refractivity contribution in [3.63, 3.8) is 0 Å².